The Kier molecular flexibility index (Phi) is 4.02. The van der Waals surface area contributed by atoms with Gasteiger partial charge in [0, 0.05) is 18.1 Å². The van der Waals surface area contributed by atoms with Crippen molar-refractivity contribution in [3.8, 4) is 0 Å². The molecule has 3 nitrogen and oxygen atoms in total. The monoisotopic (exact) mass is 280 g/mol. The van der Waals surface area contributed by atoms with Gasteiger partial charge in [0.05, 0.1) is 12.0 Å². The number of rotatable bonds is 3. The summed E-state index contributed by atoms with van der Waals surface area (Å²) in [6.45, 7) is 0. The fraction of sp³-hybridized carbons (Fsp3) is 0.143. The van der Waals surface area contributed by atoms with Crippen molar-refractivity contribution in [3.63, 3.8) is 0 Å². The van der Waals surface area contributed by atoms with Gasteiger partial charge in [0.2, 0.25) is 5.91 Å². The molecule has 1 aromatic heterocycles. The van der Waals surface area contributed by atoms with Crippen LogP contribution in [0.3, 0.4) is 0 Å². The summed E-state index contributed by atoms with van der Waals surface area (Å²) < 4.78 is 37.6. The van der Waals surface area contributed by atoms with Crippen LogP contribution in [0, 0.1) is 0 Å². The van der Waals surface area contributed by atoms with Gasteiger partial charge in [0.15, 0.2) is 0 Å². The van der Waals surface area contributed by atoms with Crippen molar-refractivity contribution in [3.05, 3.63) is 59.9 Å². The van der Waals surface area contributed by atoms with Crippen LogP contribution in [0.15, 0.2) is 48.8 Å². The van der Waals surface area contributed by atoms with Crippen LogP contribution in [0.25, 0.3) is 0 Å². The summed E-state index contributed by atoms with van der Waals surface area (Å²) in [4.78, 5) is 15.5. The highest BCUT2D eigenvalue weighted by Gasteiger charge is 2.30. The van der Waals surface area contributed by atoms with Crippen LogP contribution in [0.5, 0.6) is 0 Å². The zero-order valence-corrected chi connectivity index (χ0v) is 10.3. The van der Waals surface area contributed by atoms with E-state index in [0.717, 1.165) is 12.1 Å². The number of carbonyl (C=O) groups excluding carboxylic acids is 1. The molecule has 20 heavy (non-hydrogen) atoms. The molecule has 0 aliphatic carbocycles. The summed E-state index contributed by atoms with van der Waals surface area (Å²) in [7, 11) is 0. The lowest BCUT2D eigenvalue weighted by Crippen LogP contribution is -2.15. The lowest BCUT2D eigenvalue weighted by atomic mass is 10.1. The Morgan fingerprint density at radius 2 is 1.85 bits per heavy atom. The third-order valence-corrected chi connectivity index (χ3v) is 2.58. The molecule has 0 saturated heterocycles. The fourth-order valence-corrected chi connectivity index (χ4v) is 1.68. The number of aromatic nitrogens is 1. The number of pyridine rings is 1. The maximum atomic E-state index is 12.5. The summed E-state index contributed by atoms with van der Waals surface area (Å²) in [5.74, 6) is -0.379. The largest absolute Gasteiger partial charge is 0.416 e. The van der Waals surface area contributed by atoms with E-state index in [4.69, 9.17) is 0 Å². The van der Waals surface area contributed by atoms with Gasteiger partial charge in [-0.25, -0.2) is 0 Å². The summed E-state index contributed by atoms with van der Waals surface area (Å²) in [6.07, 6.45) is -1.50. The number of halogens is 3. The van der Waals surface area contributed by atoms with Crippen molar-refractivity contribution in [1.29, 1.82) is 0 Å². The van der Waals surface area contributed by atoms with E-state index in [0.29, 0.717) is 11.3 Å². The van der Waals surface area contributed by atoms with Crippen LogP contribution in [0.4, 0.5) is 18.9 Å². The van der Waals surface area contributed by atoms with Crippen LogP contribution in [0.1, 0.15) is 11.1 Å². The van der Waals surface area contributed by atoms with E-state index in [-0.39, 0.29) is 12.3 Å². The highest BCUT2D eigenvalue weighted by atomic mass is 19.4. The van der Waals surface area contributed by atoms with Crippen molar-refractivity contribution in [1.82, 2.24) is 4.98 Å². The number of amides is 1. The van der Waals surface area contributed by atoms with Crippen LogP contribution < -0.4 is 5.32 Å². The predicted octanol–water partition coefficient (Wildman–Crippen LogP) is 3.28. The van der Waals surface area contributed by atoms with Gasteiger partial charge in [0.25, 0.3) is 0 Å². The van der Waals surface area contributed by atoms with Gasteiger partial charge in [-0.3, -0.25) is 9.78 Å². The Bertz CT molecular complexity index is 597. The van der Waals surface area contributed by atoms with Gasteiger partial charge in [-0.05, 0) is 23.8 Å². The van der Waals surface area contributed by atoms with Crippen molar-refractivity contribution < 1.29 is 18.0 Å². The number of hydrogen-bond acceptors (Lipinski definition) is 2. The Labute approximate surface area is 113 Å². The first-order valence-electron chi connectivity index (χ1n) is 5.81. The van der Waals surface area contributed by atoms with E-state index < -0.39 is 11.7 Å². The molecule has 1 heterocycles. The van der Waals surface area contributed by atoms with Gasteiger partial charge in [0.1, 0.15) is 0 Å². The second kappa shape index (κ2) is 5.73. The van der Waals surface area contributed by atoms with Gasteiger partial charge >= 0.3 is 6.18 Å². The first-order chi connectivity index (χ1) is 9.45. The topological polar surface area (TPSA) is 42.0 Å². The first kappa shape index (κ1) is 14.0. The van der Waals surface area contributed by atoms with E-state index in [1.807, 2.05) is 0 Å². The predicted molar refractivity (Wildman–Crippen MR) is 68.0 cm³/mol. The summed E-state index contributed by atoms with van der Waals surface area (Å²) in [5.41, 5.74) is 0.107. The minimum absolute atomic E-state index is 0.119. The average Bonchev–Trinajstić information content (AvgIpc) is 2.39. The molecular formula is C14H11F3N2O. The molecule has 0 radical (unpaired) electrons. The maximum Gasteiger partial charge on any atom is 0.416 e. The number of nitrogens with zero attached hydrogens (tertiary/aromatic N) is 1. The quantitative estimate of drug-likeness (QED) is 0.937. The van der Waals surface area contributed by atoms with Crippen molar-refractivity contribution >= 4 is 11.6 Å². The number of carbonyl (C=O) groups is 1. The molecule has 0 aliphatic heterocycles. The highest BCUT2D eigenvalue weighted by molar-refractivity contribution is 5.92. The fourth-order valence-electron chi connectivity index (χ4n) is 1.68. The molecule has 104 valence electrons. The standard InChI is InChI=1S/C14H11F3N2O/c15-14(16,17)11-3-1-2-10(8-11)9-13(20)19-12-4-6-18-7-5-12/h1-8H,9H2,(H,18,19,20). The van der Waals surface area contributed by atoms with Gasteiger partial charge in [-0.15, -0.1) is 0 Å². The number of benzene rings is 1. The highest BCUT2D eigenvalue weighted by Crippen LogP contribution is 2.29. The molecule has 0 aliphatic rings. The van der Waals surface area contributed by atoms with E-state index in [1.54, 1.807) is 12.1 Å². The molecule has 1 N–H and O–H groups in total. The Hall–Kier alpha value is -2.37. The Morgan fingerprint density at radius 1 is 1.15 bits per heavy atom. The van der Waals surface area contributed by atoms with E-state index in [9.17, 15) is 18.0 Å². The van der Waals surface area contributed by atoms with Crippen molar-refractivity contribution in [2.75, 3.05) is 5.32 Å². The van der Waals surface area contributed by atoms with Gasteiger partial charge < -0.3 is 5.32 Å². The molecule has 0 spiro atoms. The summed E-state index contributed by atoms with van der Waals surface area (Å²) in [5, 5.41) is 2.59. The SMILES string of the molecule is O=C(Cc1cccc(C(F)(F)F)c1)Nc1ccncc1. The number of alkyl halides is 3. The zero-order chi connectivity index (χ0) is 14.6. The molecule has 2 aromatic rings. The minimum Gasteiger partial charge on any atom is -0.326 e. The lowest BCUT2D eigenvalue weighted by molar-refractivity contribution is -0.137. The van der Waals surface area contributed by atoms with Gasteiger partial charge in [-0.2, -0.15) is 13.2 Å². The Balaban J connectivity index is 2.05. The second-order valence-corrected chi connectivity index (χ2v) is 4.16. The third-order valence-electron chi connectivity index (χ3n) is 2.58. The molecule has 0 saturated carbocycles. The molecule has 0 fully saturated rings. The van der Waals surface area contributed by atoms with Crippen LogP contribution >= 0.6 is 0 Å². The number of nitrogens with one attached hydrogen (secondary N) is 1. The third kappa shape index (κ3) is 3.81. The van der Waals surface area contributed by atoms with Crippen LogP contribution in [0.2, 0.25) is 0 Å². The zero-order valence-electron chi connectivity index (χ0n) is 10.3. The number of anilines is 1. The second-order valence-electron chi connectivity index (χ2n) is 4.16. The van der Waals surface area contributed by atoms with Crippen LogP contribution in [-0.4, -0.2) is 10.9 Å². The molecule has 6 heteroatoms. The van der Waals surface area contributed by atoms with E-state index in [2.05, 4.69) is 10.3 Å². The van der Waals surface area contributed by atoms with Gasteiger partial charge in [-0.1, -0.05) is 18.2 Å². The molecule has 2 rings (SSSR count). The van der Waals surface area contributed by atoms with Crippen molar-refractivity contribution in [2.24, 2.45) is 0 Å². The molecule has 0 bridgehead atoms. The molecule has 1 aromatic carbocycles. The summed E-state index contributed by atoms with van der Waals surface area (Å²) >= 11 is 0. The van der Waals surface area contributed by atoms with Crippen LogP contribution in [-0.2, 0) is 17.4 Å². The van der Waals surface area contributed by atoms with Crippen molar-refractivity contribution in [2.45, 2.75) is 12.6 Å². The van der Waals surface area contributed by atoms with E-state index in [1.165, 1.54) is 24.5 Å². The molecule has 1 amide bonds. The number of hydrogen-bond donors (Lipinski definition) is 1. The minimum atomic E-state index is -4.41. The molecule has 0 atom stereocenters. The summed E-state index contributed by atoms with van der Waals surface area (Å²) in [6, 6.07) is 7.93. The molecular weight excluding hydrogens is 269 g/mol. The van der Waals surface area contributed by atoms with E-state index >= 15 is 0 Å². The Morgan fingerprint density at radius 3 is 2.50 bits per heavy atom. The maximum absolute atomic E-state index is 12.5. The molecule has 0 unspecified atom stereocenters. The smallest absolute Gasteiger partial charge is 0.326 e. The average molecular weight is 280 g/mol. The first-order valence-corrected chi connectivity index (χ1v) is 5.81. The normalized spacial score (nSPS) is 11.2. The lowest BCUT2D eigenvalue weighted by Gasteiger charge is -2.09.